The highest BCUT2D eigenvalue weighted by Crippen LogP contribution is 2.29. The number of anilines is 1. The SMILES string of the molecule is CC(=O)ON(C(=O)CCCCCCC(N)=O)c1nc2ccccc2s1. The third-order valence-electron chi connectivity index (χ3n) is 3.47. The molecule has 0 radical (unpaired) electrons. The highest BCUT2D eigenvalue weighted by molar-refractivity contribution is 7.22. The van der Waals surface area contributed by atoms with Gasteiger partial charge in [0, 0.05) is 19.8 Å². The number of nitrogens with two attached hydrogens (primary N) is 1. The van der Waals surface area contributed by atoms with Crippen molar-refractivity contribution >= 4 is 44.5 Å². The first-order valence-corrected chi connectivity index (χ1v) is 8.94. The topological polar surface area (TPSA) is 103 Å². The Bertz CT molecular complexity index is 726. The molecule has 2 aromatic rings. The Balaban J connectivity index is 1.95. The summed E-state index contributed by atoms with van der Waals surface area (Å²) < 4.78 is 0.911. The zero-order chi connectivity index (χ0) is 18.2. The fourth-order valence-corrected chi connectivity index (χ4v) is 3.23. The van der Waals surface area contributed by atoms with Crippen LogP contribution >= 0.6 is 11.3 Å². The predicted octanol–water partition coefficient (Wildman–Crippen LogP) is 2.93. The van der Waals surface area contributed by atoms with E-state index in [9.17, 15) is 14.4 Å². The van der Waals surface area contributed by atoms with Gasteiger partial charge in [0.1, 0.15) is 0 Å². The number of aromatic nitrogens is 1. The molecule has 134 valence electrons. The van der Waals surface area contributed by atoms with Gasteiger partial charge in [-0.3, -0.25) is 9.59 Å². The van der Waals surface area contributed by atoms with Crippen LogP contribution in [0.1, 0.15) is 45.4 Å². The second-order valence-corrected chi connectivity index (χ2v) is 6.62. The van der Waals surface area contributed by atoms with Crippen molar-refractivity contribution in [3.05, 3.63) is 24.3 Å². The maximum atomic E-state index is 12.4. The summed E-state index contributed by atoms with van der Waals surface area (Å²) in [6.07, 6.45) is 3.58. The molecule has 0 aliphatic rings. The Morgan fingerprint density at radius 3 is 2.44 bits per heavy atom. The van der Waals surface area contributed by atoms with Crippen LogP contribution in [0.5, 0.6) is 0 Å². The molecule has 2 rings (SSSR count). The molecule has 0 bridgehead atoms. The molecule has 1 aromatic carbocycles. The molecule has 0 fully saturated rings. The molecule has 0 unspecified atom stereocenters. The number of rotatable bonds is 8. The first-order valence-electron chi connectivity index (χ1n) is 8.12. The lowest BCUT2D eigenvalue weighted by molar-refractivity contribution is -0.148. The summed E-state index contributed by atoms with van der Waals surface area (Å²) in [5.74, 6) is -1.20. The van der Waals surface area contributed by atoms with E-state index in [0.29, 0.717) is 18.0 Å². The molecule has 0 saturated heterocycles. The van der Waals surface area contributed by atoms with E-state index in [1.54, 1.807) is 0 Å². The highest BCUT2D eigenvalue weighted by Gasteiger charge is 2.22. The van der Waals surface area contributed by atoms with Gasteiger partial charge in [-0.05, 0) is 25.0 Å². The van der Waals surface area contributed by atoms with Crippen molar-refractivity contribution in [2.75, 3.05) is 5.06 Å². The molecule has 1 aromatic heterocycles. The predicted molar refractivity (Wildman–Crippen MR) is 95.8 cm³/mol. The van der Waals surface area contributed by atoms with Crippen molar-refractivity contribution in [2.24, 2.45) is 5.73 Å². The minimum absolute atomic E-state index is 0.236. The average molecular weight is 363 g/mol. The summed E-state index contributed by atoms with van der Waals surface area (Å²) in [5, 5.41) is 1.33. The fraction of sp³-hybridized carbons (Fsp3) is 0.412. The number of primary amides is 1. The van der Waals surface area contributed by atoms with Gasteiger partial charge in [-0.15, -0.1) is 5.06 Å². The Morgan fingerprint density at radius 2 is 1.80 bits per heavy atom. The van der Waals surface area contributed by atoms with Crippen LogP contribution in [0.15, 0.2) is 24.3 Å². The number of nitrogens with zero attached hydrogens (tertiary/aromatic N) is 2. The first-order chi connectivity index (χ1) is 12.0. The van der Waals surface area contributed by atoms with Gasteiger partial charge in [0.25, 0.3) is 5.91 Å². The zero-order valence-electron chi connectivity index (χ0n) is 14.1. The number of fused-ring (bicyclic) bond motifs is 1. The van der Waals surface area contributed by atoms with Gasteiger partial charge in [-0.1, -0.05) is 36.3 Å². The van der Waals surface area contributed by atoms with Gasteiger partial charge in [0.05, 0.1) is 10.2 Å². The number of unbranched alkanes of at least 4 members (excludes halogenated alkanes) is 3. The lowest BCUT2D eigenvalue weighted by Crippen LogP contribution is -2.32. The number of para-hydroxylation sites is 1. The van der Waals surface area contributed by atoms with Gasteiger partial charge in [-0.25, -0.2) is 9.78 Å². The van der Waals surface area contributed by atoms with Gasteiger partial charge >= 0.3 is 5.97 Å². The van der Waals surface area contributed by atoms with Crippen molar-refractivity contribution in [2.45, 2.75) is 45.4 Å². The van der Waals surface area contributed by atoms with E-state index < -0.39 is 5.97 Å². The Hall–Kier alpha value is -2.48. The molecule has 8 heteroatoms. The molecule has 7 nitrogen and oxygen atoms in total. The molecule has 25 heavy (non-hydrogen) atoms. The summed E-state index contributed by atoms with van der Waals surface area (Å²) in [6.45, 7) is 1.25. The number of thiazole rings is 1. The molecule has 0 saturated carbocycles. The Kier molecular flexibility index (Phi) is 6.88. The second kappa shape index (κ2) is 9.12. The zero-order valence-corrected chi connectivity index (χ0v) is 14.9. The standard InChI is InChI=1S/C17H21N3O4S/c1-12(21)24-20(16(23)11-5-3-2-4-10-15(18)22)17-19-13-8-6-7-9-14(13)25-17/h6-9H,2-5,10-11H2,1H3,(H2,18,22). The summed E-state index contributed by atoms with van der Waals surface area (Å²) in [6, 6.07) is 7.47. The average Bonchev–Trinajstić information content (AvgIpc) is 2.98. The number of hydrogen-bond acceptors (Lipinski definition) is 6. The quantitative estimate of drug-likeness (QED) is 0.574. The molecule has 0 spiro atoms. The molecular weight excluding hydrogens is 342 g/mol. The summed E-state index contributed by atoms with van der Waals surface area (Å²) in [7, 11) is 0. The third kappa shape index (κ3) is 5.82. The second-order valence-electron chi connectivity index (χ2n) is 5.62. The van der Waals surface area contributed by atoms with Crippen LogP contribution in [0, 0.1) is 0 Å². The summed E-state index contributed by atoms with van der Waals surface area (Å²) in [5.41, 5.74) is 5.83. The van der Waals surface area contributed by atoms with Gasteiger partial charge in [0.2, 0.25) is 11.0 Å². The largest absolute Gasteiger partial charge is 0.370 e. The third-order valence-corrected chi connectivity index (χ3v) is 4.47. The fourth-order valence-electron chi connectivity index (χ4n) is 2.30. The lowest BCUT2D eigenvalue weighted by atomic mass is 10.1. The van der Waals surface area contributed by atoms with E-state index in [1.807, 2.05) is 24.3 Å². The van der Waals surface area contributed by atoms with Crippen molar-refractivity contribution < 1.29 is 19.2 Å². The number of benzene rings is 1. The minimum atomic E-state index is -0.575. The number of amides is 2. The first kappa shape index (κ1) is 18.9. The molecule has 2 amide bonds. The smallest absolute Gasteiger partial charge is 0.330 e. The maximum absolute atomic E-state index is 12.4. The number of hydroxylamine groups is 1. The molecular formula is C17H21N3O4S. The van der Waals surface area contributed by atoms with Gasteiger partial charge in [-0.2, -0.15) is 0 Å². The molecule has 1 heterocycles. The number of carbonyl (C=O) groups is 3. The number of carbonyl (C=O) groups excluding carboxylic acids is 3. The van der Waals surface area contributed by atoms with Crippen LogP contribution in [-0.2, 0) is 19.2 Å². The Morgan fingerprint density at radius 1 is 1.12 bits per heavy atom. The van der Waals surface area contributed by atoms with Crippen LogP contribution in [0.25, 0.3) is 10.2 Å². The number of hydrogen-bond donors (Lipinski definition) is 1. The van der Waals surface area contributed by atoms with Gasteiger partial charge in [0.15, 0.2) is 0 Å². The normalized spacial score (nSPS) is 10.6. The highest BCUT2D eigenvalue weighted by atomic mass is 32.1. The van der Waals surface area contributed by atoms with E-state index in [4.69, 9.17) is 10.6 Å². The lowest BCUT2D eigenvalue weighted by Gasteiger charge is -2.17. The van der Waals surface area contributed by atoms with E-state index in [1.165, 1.54) is 18.3 Å². The Labute approximate surface area is 149 Å². The van der Waals surface area contributed by atoms with Crippen LogP contribution in [0.4, 0.5) is 5.13 Å². The van der Waals surface area contributed by atoms with Crippen molar-refractivity contribution in [1.82, 2.24) is 4.98 Å². The molecule has 0 aliphatic carbocycles. The van der Waals surface area contributed by atoms with Crippen molar-refractivity contribution in [1.29, 1.82) is 0 Å². The van der Waals surface area contributed by atoms with E-state index >= 15 is 0 Å². The molecule has 2 N–H and O–H groups in total. The maximum Gasteiger partial charge on any atom is 0.330 e. The monoisotopic (exact) mass is 363 g/mol. The van der Waals surface area contributed by atoms with Crippen molar-refractivity contribution in [3.63, 3.8) is 0 Å². The van der Waals surface area contributed by atoms with E-state index in [2.05, 4.69) is 4.98 Å². The van der Waals surface area contributed by atoms with Crippen LogP contribution in [0.3, 0.4) is 0 Å². The van der Waals surface area contributed by atoms with Crippen LogP contribution in [-0.4, -0.2) is 22.8 Å². The van der Waals surface area contributed by atoms with Gasteiger partial charge < -0.3 is 10.6 Å². The van der Waals surface area contributed by atoms with Crippen LogP contribution < -0.4 is 10.8 Å². The van der Waals surface area contributed by atoms with E-state index in [0.717, 1.165) is 34.5 Å². The molecule has 0 aliphatic heterocycles. The summed E-state index contributed by atoms with van der Waals surface area (Å²) >= 11 is 1.29. The van der Waals surface area contributed by atoms with Crippen LogP contribution in [0.2, 0.25) is 0 Å². The summed E-state index contributed by atoms with van der Waals surface area (Å²) in [4.78, 5) is 43.9. The minimum Gasteiger partial charge on any atom is -0.370 e. The van der Waals surface area contributed by atoms with E-state index in [-0.39, 0.29) is 18.2 Å². The van der Waals surface area contributed by atoms with Crippen molar-refractivity contribution in [3.8, 4) is 0 Å². The molecule has 0 atom stereocenters.